The Morgan fingerprint density at radius 3 is 2.69 bits per heavy atom. The normalized spacial score (nSPS) is 18.9. The predicted molar refractivity (Wildman–Crippen MR) is 60.7 cm³/mol. The maximum absolute atomic E-state index is 11.5. The third-order valence-electron chi connectivity index (χ3n) is 2.33. The molecule has 1 N–H and O–H groups in total. The van der Waals surface area contributed by atoms with Crippen LogP contribution in [0.4, 0.5) is 0 Å². The van der Waals surface area contributed by atoms with E-state index in [1.165, 1.54) is 6.08 Å². The summed E-state index contributed by atoms with van der Waals surface area (Å²) in [6.07, 6.45) is 4.13. The SMILES string of the molecule is C/C=C/C(O)/C=C1/OC(=O)c2ccccc21. The lowest BCUT2D eigenvalue weighted by Crippen LogP contribution is -1.98. The van der Waals surface area contributed by atoms with Crippen LogP contribution in [0.25, 0.3) is 5.76 Å². The van der Waals surface area contributed by atoms with E-state index < -0.39 is 6.10 Å². The number of aliphatic hydroxyl groups is 1. The first kappa shape index (κ1) is 10.6. The van der Waals surface area contributed by atoms with Crippen molar-refractivity contribution in [3.05, 3.63) is 53.6 Å². The second-order valence-corrected chi connectivity index (χ2v) is 3.48. The van der Waals surface area contributed by atoms with Crippen LogP contribution in [0.3, 0.4) is 0 Å². The Morgan fingerprint density at radius 1 is 1.31 bits per heavy atom. The molecule has 82 valence electrons. The van der Waals surface area contributed by atoms with Gasteiger partial charge in [-0.1, -0.05) is 30.4 Å². The molecule has 3 nitrogen and oxygen atoms in total. The quantitative estimate of drug-likeness (QED) is 0.608. The summed E-state index contributed by atoms with van der Waals surface area (Å²) in [5, 5.41) is 9.57. The lowest BCUT2D eigenvalue weighted by Gasteiger charge is -2.01. The number of carbonyl (C=O) groups excluding carboxylic acids is 1. The van der Waals surface area contributed by atoms with Crippen molar-refractivity contribution in [1.29, 1.82) is 0 Å². The maximum Gasteiger partial charge on any atom is 0.344 e. The van der Waals surface area contributed by atoms with E-state index in [1.807, 2.05) is 13.0 Å². The average molecular weight is 216 g/mol. The number of hydrogen-bond acceptors (Lipinski definition) is 3. The van der Waals surface area contributed by atoms with Crippen LogP contribution in [0.5, 0.6) is 0 Å². The van der Waals surface area contributed by atoms with Crippen molar-refractivity contribution in [2.45, 2.75) is 13.0 Å². The minimum atomic E-state index is -0.737. The molecular formula is C13H12O3. The highest BCUT2D eigenvalue weighted by atomic mass is 16.5. The second kappa shape index (κ2) is 4.33. The molecule has 3 heteroatoms. The fraction of sp³-hybridized carbons (Fsp3) is 0.154. The lowest BCUT2D eigenvalue weighted by molar-refractivity contribution is 0.0714. The van der Waals surface area contributed by atoms with Crippen LogP contribution >= 0.6 is 0 Å². The monoisotopic (exact) mass is 216 g/mol. The predicted octanol–water partition coefficient (Wildman–Crippen LogP) is 2.13. The van der Waals surface area contributed by atoms with Gasteiger partial charge in [0.1, 0.15) is 5.76 Å². The number of ether oxygens (including phenoxy) is 1. The summed E-state index contributed by atoms with van der Waals surface area (Å²) in [7, 11) is 0. The highest BCUT2D eigenvalue weighted by Crippen LogP contribution is 2.29. The molecule has 1 heterocycles. The van der Waals surface area contributed by atoms with E-state index in [4.69, 9.17) is 4.74 Å². The number of carbonyl (C=O) groups is 1. The molecule has 1 aromatic carbocycles. The van der Waals surface area contributed by atoms with Gasteiger partial charge in [0.25, 0.3) is 0 Å². The van der Waals surface area contributed by atoms with E-state index in [1.54, 1.807) is 30.4 Å². The zero-order valence-electron chi connectivity index (χ0n) is 8.88. The van der Waals surface area contributed by atoms with Crippen LogP contribution in [-0.2, 0) is 4.74 Å². The van der Waals surface area contributed by atoms with Gasteiger partial charge < -0.3 is 9.84 Å². The van der Waals surface area contributed by atoms with Gasteiger partial charge in [-0.2, -0.15) is 0 Å². The highest BCUT2D eigenvalue weighted by Gasteiger charge is 2.25. The van der Waals surface area contributed by atoms with Crippen molar-refractivity contribution in [3.63, 3.8) is 0 Å². The summed E-state index contributed by atoms with van der Waals surface area (Å²) >= 11 is 0. The van der Waals surface area contributed by atoms with Crippen molar-refractivity contribution in [1.82, 2.24) is 0 Å². The van der Waals surface area contributed by atoms with Gasteiger partial charge in [-0.15, -0.1) is 0 Å². The maximum atomic E-state index is 11.5. The molecule has 0 saturated carbocycles. The Hall–Kier alpha value is -1.87. The summed E-state index contributed by atoms with van der Waals surface area (Å²) in [4.78, 5) is 11.5. The smallest absolute Gasteiger partial charge is 0.344 e. The van der Waals surface area contributed by atoms with Crippen LogP contribution in [0, 0.1) is 0 Å². The van der Waals surface area contributed by atoms with E-state index in [0.717, 1.165) is 5.56 Å². The molecule has 16 heavy (non-hydrogen) atoms. The molecule has 1 atom stereocenters. The minimum absolute atomic E-state index is 0.366. The molecule has 0 aromatic heterocycles. The molecule has 0 fully saturated rings. The number of hydrogen-bond donors (Lipinski definition) is 1. The van der Waals surface area contributed by atoms with E-state index in [0.29, 0.717) is 11.3 Å². The summed E-state index contributed by atoms with van der Waals surface area (Å²) in [5.41, 5.74) is 1.28. The number of aliphatic hydroxyl groups excluding tert-OH is 1. The average Bonchev–Trinajstić information content (AvgIpc) is 2.57. The molecule has 0 radical (unpaired) electrons. The van der Waals surface area contributed by atoms with Crippen molar-refractivity contribution < 1.29 is 14.6 Å². The van der Waals surface area contributed by atoms with Gasteiger partial charge in [-0.3, -0.25) is 0 Å². The summed E-state index contributed by atoms with van der Waals surface area (Å²) in [5.74, 6) is 0.0562. The van der Waals surface area contributed by atoms with Gasteiger partial charge in [0.05, 0.1) is 11.7 Å². The topological polar surface area (TPSA) is 46.5 Å². The molecule has 0 spiro atoms. The molecule has 0 bridgehead atoms. The van der Waals surface area contributed by atoms with E-state index in [-0.39, 0.29) is 5.97 Å². The molecule has 0 aliphatic carbocycles. The fourth-order valence-corrected chi connectivity index (χ4v) is 1.62. The van der Waals surface area contributed by atoms with E-state index in [2.05, 4.69) is 0 Å². The van der Waals surface area contributed by atoms with Crippen molar-refractivity contribution in [3.8, 4) is 0 Å². The molecule has 0 saturated heterocycles. The van der Waals surface area contributed by atoms with Gasteiger partial charge in [-0.05, 0) is 19.1 Å². The Bertz CT molecular complexity index is 472. The number of cyclic esters (lactones) is 1. The molecular weight excluding hydrogens is 204 g/mol. The van der Waals surface area contributed by atoms with Crippen LogP contribution in [0.2, 0.25) is 0 Å². The third-order valence-corrected chi connectivity index (χ3v) is 2.33. The standard InChI is InChI=1S/C13H12O3/c1-2-5-9(14)8-12-10-6-3-4-7-11(10)13(15)16-12/h2-9,14H,1H3/b5-2+,12-8+. The minimum Gasteiger partial charge on any atom is -0.422 e. The molecule has 2 rings (SSSR count). The van der Waals surface area contributed by atoms with Gasteiger partial charge in [-0.25, -0.2) is 4.79 Å². The second-order valence-electron chi connectivity index (χ2n) is 3.48. The first-order chi connectivity index (χ1) is 7.72. The summed E-state index contributed by atoms with van der Waals surface area (Å²) in [6, 6.07) is 7.12. The molecule has 1 unspecified atom stereocenters. The number of allylic oxidation sites excluding steroid dienone is 1. The van der Waals surface area contributed by atoms with Crippen LogP contribution in [-0.4, -0.2) is 17.2 Å². The zero-order chi connectivity index (χ0) is 11.5. The Kier molecular flexibility index (Phi) is 2.88. The first-order valence-electron chi connectivity index (χ1n) is 5.06. The Balaban J connectivity index is 2.37. The molecule has 0 amide bonds. The number of esters is 1. The van der Waals surface area contributed by atoms with E-state index >= 15 is 0 Å². The summed E-state index contributed by atoms with van der Waals surface area (Å²) in [6.45, 7) is 1.82. The zero-order valence-corrected chi connectivity index (χ0v) is 8.88. The molecule has 1 aromatic rings. The van der Waals surface area contributed by atoms with Gasteiger partial charge in [0.15, 0.2) is 0 Å². The molecule has 1 aliphatic heterocycles. The molecule has 1 aliphatic rings. The lowest BCUT2D eigenvalue weighted by atomic mass is 10.1. The highest BCUT2D eigenvalue weighted by molar-refractivity contribution is 6.02. The summed E-state index contributed by atoms with van der Waals surface area (Å²) < 4.78 is 5.08. The first-order valence-corrected chi connectivity index (χ1v) is 5.06. The van der Waals surface area contributed by atoms with Crippen LogP contribution < -0.4 is 0 Å². The van der Waals surface area contributed by atoms with Gasteiger partial charge >= 0.3 is 5.97 Å². The Morgan fingerprint density at radius 2 is 2.00 bits per heavy atom. The number of fused-ring (bicyclic) bond motifs is 1. The van der Waals surface area contributed by atoms with Crippen molar-refractivity contribution in [2.75, 3.05) is 0 Å². The van der Waals surface area contributed by atoms with Gasteiger partial charge in [0, 0.05) is 5.56 Å². The van der Waals surface area contributed by atoms with Crippen molar-refractivity contribution in [2.24, 2.45) is 0 Å². The third kappa shape index (κ3) is 1.90. The van der Waals surface area contributed by atoms with E-state index in [9.17, 15) is 9.90 Å². The number of rotatable bonds is 2. The number of benzene rings is 1. The van der Waals surface area contributed by atoms with Crippen molar-refractivity contribution >= 4 is 11.7 Å². The largest absolute Gasteiger partial charge is 0.422 e. The van der Waals surface area contributed by atoms with Crippen LogP contribution in [0.15, 0.2) is 42.5 Å². The Labute approximate surface area is 93.7 Å². The van der Waals surface area contributed by atoms with Crippen LogP contribution in [0.1, 0.15) is 22.8 Å². The van der Waals surface area contributed by atoms with Gasteiger partial charge in [0.2, 0.25) is 0 Å². The fourth-order valence-electron chi connectivity index (χ4n) is 1.62.